The fourth-order valence-corrected chi connectivity index (χ4v) is 1.78. The maximum atomic E-state index is 12.0. The van der Waals surface area contributed by atoms with Crippen molar-refractivity contribution in [3.8, 4) is 0 Å². The Balaban J connectivity index is 1.97. The summed E-state index contributed by atoms with van der Waals surface area (Å²) in [5.74, 6) is 0.0339. The number of aromatic amines is 1. The van der Waals surface area contributed by atoms with Crippen LogP contribution in [0.2, 0.25) is 0 Å². The van der Waals surface area contributed by atoms with Crippen molar-refractivity contribution in [3.63, 3.8) is 0 Å². The molecule has 0 aliphatic heterocycles. The highest BCUT2D eigenvalue weighted by molar-refractivity contribution is 6.01. The Bertz CT molecular complexity index is 850. The standard InChI is InChI=1S/C13H10N4O3/c1-7-14-13(17-16-7)15-12(19)11-6-9(18)8-4-2-3-5-10(8)20-11/h2-6H,1H3,(H2,14,15,16,17,19). The van der Waals surface area contributed by atoms with Crippen molar-refractivity contribution < 1.29 is 9.21 Å². The molecule has 0 aliphatic rings. The van der Waals surface area contributed by atoms with Crippen molar-refractivity contribution in [3.05, 3.63) is 52.1 Å². The van der Waals surface area contributed by atoms with Gasteiger partial charge in [-0.15, -0.1) is 5.10 Å². The molecule has 0 unspecified atom stereocenters. The number of anilines is 1. The van der Waals surface area contributed by atoms with E-state index in [1.54, 1.807) is 31.2 Å². The van der Waals surface area contributed by atoms with E-state index in [0.717, 1.165) is 6.07 Å². The zero-order chi connectivity index (χ0) is 14.1. The largest absolute Gasteiger partial charge is 0.451 e. The number of hydrogen-bond acceptors (Lipinski definition) is 5. The van der Waals surface area contributed by atoms with E-state index in [9.17, 15) is 9.59 Å². The number of H-pyrrole nitrogens is 1. The summed E-state index contributed by atoms with van der Waals surface area (Å²) in [6.07, 6.45) is 0. The molecular weight excluding hydrogens is 260 g/mol. The van der Waals surface area contributed by atoms with Gasteiger partial charge in [0, 0.05) is 6.07 Å². The lowest BCUT2D eigenvalue weighted by Gasteiger charge is -2.02. The van der Waals surface area contributed by atoms with E-state index < -0.39 is 5.91 Å². The average molecular weight is 270 g/mol. The van der Waals surface area contributed by atoms with E-state index in [1.807, 2.05) is 0 Å². The summed E-state index contributed by atoms with van der Waals surface area (Å²) in [5.41, 5.74) is 0.0829. The summed E-state index contributed by atoms with van der Waals surface area (Å²) >= 11 is 0. The molecule has 1 aromatic carbocycles. The van der Waals surface area contributed by atoms with Crippen LogP contribution < -0.4 is 10.7 Å². The van der Waals surface area contributed by atoms with Crippen LogP contribution in [0.3, 0.4) is 0 Å². The van der Waals surface area contributed by atoms with E-state index in [4.69, 9.17) is 4.42 Å². The topological polar surface area (TPSA) is 101 Å². The molecule has 0 saturated carbocycles. The average Bonchev–Trinajstić information content (AvgIpc) is 2.84. The second-order valence-electron chi connectivity index (χ2n) is 4.17. The van der Waals surface area contributed by atoms with Gasteiger partial charge in [0.1, 0.15) is 11.4 Å². The molecular formula is C13H10N4O3. The zero-order valence-electron chi connectivity index (χ0n) is 10.5. The highest BCUT2D eigenvalue weighted by atomic mass is 16.3. The lowest BCUT2D eigenvalue weighted by Crippen LogP contribution is -2.15. The van der Waals surface area contributed by atoms with Gasteiger partial charge in [-0.05, 0) is 19.1 Å². The minimum absolute atomic E-state index is 0.0869. The third-order valence-electron chi connectivity index (χ3n) is 2.68. The number of benzene rings is 1. The zero-order valence-corrected chi connectivity index (χ0v) is 10.5. The van der Waals surface area contributed by atoms with Crippen LogP contribution in [0.15, 0.2) is 39.5 Å². The van der Waals surface area contributed by atoms with Gasteiger partial charge in [-0.2, -0.15) is 4.98 Å². The molecule has 100 valence electrons. The maximum absolute atomic E-state index is 12.0. The number of amides is 1. The summed E-state index contributed by atoms with van der Waals surface area (Å²) in [6.45, 7) is 1.71. The van der Waals surface area contributed by atoms with E-state index in [0.29, 0.717) is 16.8 Å². The van der Waals surface area contributed by atoms with Crippen molar-refractivity contribution >= 4 is 22.8 Å². The first-order valence-corrected chi connectivity index (χ1v) is 5.87. The molecule has 7 nitrogen and oxygen atoms in total. The monoisotopic (exact) mass is 270 g/mol. The van der Waals surface area contributed by atoms with E-state index in [1.165, 1.54) is 0 Å². The van der Waals surface area contributed by atoms with Crippen molar-refractivity contribution in [2.75, 3.05) is 5.32 Å². The normalized spacial score (nSPS) is 10.7. The number of para-hydroxylation sites is 1. The van der Waals surface area contributed by atoms with Gasteiger partial charge in [-0.3, -0.25) is 20.0 Å². The molecule has 3 aromatic rings. The van der Waals surface area contributed by atoms with E-state index in [-0.39, 0.29) is 17.1 Å². The first-order valence-electron chi connectivity index (χ1n) is 5.87. The molecule has 0 fully saturated rings. The number of nitrogens with one attached hydrogen (secondary N) is 2. The predicted octanol–water partition coefficient (Wildman–Crippen LogP) is 1.47. The van der Waals surface area contributed by atoms with Crippen molar-refractivity contribution in [1.29, 1.82) is 0 Å². The fraction of sp³-hybridized carbons (Fsp3) is 0.0769. The van der Waals surface area contributed by atoms with Crippen molar-refractivity contribution in [2.45, 2.75) is 6.92 Å². The van der Waals surface area contributed by atoms with Gasteiger partial charge < -0.3 is 4.42 Å². The number of carbonyl (C=O) groups is 1. The summed E-state index contributed by atoms with van der Waals surface area (Å²) in [5, 5.41) is 9.25. The molecule has 2 N–H and O–H groups in total. The fourth-order valence-electron chi connectivity index (χ4n) is 1.78. The Morgan fingerprint density at radius 1 is 1.35 bits per heavy atom. The van der Waals surface area contributed by atoms with Crippen LogP contribution in [0, 0.1) is 6.92 Å². The number of hydrogen-bond donors (Lipinski definition) is 2. The smallest absolute Gasteiger partial charge is 0.293 e. The maximum Gasteiger partial charge on any atom is 0.293 e. The molecule has 0 radical (unpaired) electrons. The molecule has 0 saturated heterocycles. The van der Waals surface area contributed by atoms with Crippen molar-refractivity contribution in [1.82, 2.24) is 15.2 Å². The van der Waals surface area contributed by atoms with Crippen LogP contribution in [0.25, 0.3) is 11.0 Å². The number of carbonyl (C=O) groups excluding carboxylic acids is 1. The molecule has 0 aliphatic carbocycles. The lowest BCUT2D eigenvalue weighted by atomic mass is 10.2. The number of aromatic nitrogens is 3. The van der Waals surface area contributed by atoms with Gasteiger partial charge in [0.05, 0.1) is 5.39 Å². The minimum atomic E-state index is -0.577. The second-order valence-corrected chi connectivity index (χ2v) is 4.17. The highest BCUT2D eigenvalue weighted by Crippen LogP contribution is 2.12. The molecule has 0 spiro atoms. The minimum Gasteiger partial charge on any atom is -0.451 e. The van der Waals surface area contributed by atoms with Crippen LogP contribution in [0.1, 0.15) is 16.4 Å². The quantitative estimate of drug-likeness (QED) is 0.734. The summed E-state index contributed by atoms with van der Waals surface area (Å²) in [4.78, 5) is 27.8. The van der Waals surface area contributed by atoms with Crippen LogP contribution in [0.4, 0.5) is 5.95 Å². The number of aryl methyl sites for hydroxylation is 1. The van der Waals surface area contributed by atoms with E-state index >= 15 is 0 Å². The summed E-state index contributed by atoms with van der Waals surface area (Å²) in [6, 6.07) is 7.88. The van der Waals surface area contributed by atoms with Gasteiger partial charge in [-0.1, -0.05) is 12.1 Å². The van der Waals surface area contributed by atoms with Gasteiger partial charge >= 0.3 is 0 Å². The van der Waals surface area contributed by atoms with Crippen LogP contribution >= 0.6 is 0 Å². The number of rotatable bonds is 2. The molecule has 2 aromatic heterocycles. The van der Waals surface area contributed by atoms with Gasteiger partial charge in [0.15, 0.2) is 11.2 Å². The first-order chi connectivity index (χ1) is 9.63. The van der Waals surface area contributed by atoms with Crippen LogP contribution in [-0.2, 0) is 0 Å². The van der Waals surface area contributed by atoms with Gasteiger partial charge in [0.25, 0.3) is 5.91 Å². The van der Waals surface area contributed by atoms with Gasteiger partial charge in [0.2, 0.25) is 5.95 Å². The van der Waals surface area contributed by atoms with Crippen LogP contribution in [-0.4, -0.2) is 21.1 Å². The summed E-state index contributed by atoms with van der Waals surface area (Å²) in [7, 11) is 0. The molecule has 0 atom stereocenters. The van der Waals surface area contributed by atoms with Gasteiger partial charge in [-0.25, -0.2) is 0 Å². The molecule has 1 amide bonds. The Morgan fingerprint density at radius 2 is 2.15 bits per heavy atom. The van der Waals surface area contributed by atoms with Crippen LogP contribution in [0.5, 0.6) is 0 Å². The third kappa shape index (κ3) is 2.16. The number of fused-ring (bicyclic) bond motifs is 1. The Hall–Kier alpha value is -2.96. The van der Waals surface area contributed by atoms with E-state index in [2.05, 4.69) is 20.5 Å². The molecule has 7 heteroatoms. The lowest BCUT2D eigenvalue weighted by molar-refractivity contribution is 0.0996. The molecule has 20 heavy (non-hydrogen) atoms. The third-order valence-corrected chi connectivity index (χ3v) is 2.68. The highest BCUT2D eigenvalue weighted by Gasteiger charge is 2.14. The molecule has 3 rings (SSSR count). The molecule has 0 bridgehead atoms. The summed E-state index contributed by atoms with van der Waals surface area (Å²) < 4.78 is 5.41. The SMILES string of the molecule is Cc1nc(NC(=O)c2cc(=O)c3ccccc3o2)n[nH]1. The number of nitrogens with zero attached hydrogens (tertiary/aromatic N) is 2. The van der Waals surface area contributed by atoms with Crippen molar-refractivity contribution in [2.24, 2.45) is 0 Å². The molecule has 2 heterocycles. The Labute approximate surface area is 112 Å². The first kappa shape index (κ1) is 12.1. The predicted molar refractivity (Wildman–Crippen MR) is 71.6 cm³/mol. The second kappa shape index (κ2) is 4.61. The Morgan fingerprint density at radius 3 is 2.90 bits per heavy atom. The Kier molecular flexibility index (Phi) is 2.79.